The lowest BCUT2D eigenvalue weighted by Crippen LogP contribution is -2.28. The molecule has 9 heteroatoms. The van der Waals surface area contributed by atoms with E-state index in [1.807, 2.05) is 12.1 Å². The predicted molar refractivity (Wildman–Crippen MR) is 107 cm³/mol. The van der Waals surface area contributed by atoms with Crippen LogP contribution in [0, 0.1) is 0 Å². The Kier molecular flexibility index (Phi) is 7.07. The smallest absolute Gasteiger partial charge is 0.422 e. The molecule has 162 valence electrons. The third kappa shape index (κ3) is 6.70. The van der Waals surface area contributed by atoms with Crippen LogP contribution in [-0.4, -0.2) is 28.7 Å². The van der Waals surface area contributed by atoms with E-state index in [4.69, 9.17) is 4.74 Å². The molecule has 0 spiro atoms. The molecule has 2 aromatic heterocycles. The second kappa shape index (κ2) is 9.92. The molecule has 6 nitrogen and oxygen atoms in total. The molecule has 0 aliphatic rings. The van der Waals surface area contributed by atoms with Gasteiger partial charge in [-0.05, 0) is 42.8 Å². The Bertz CT molecular complexity index is 996. The highest BCUT2D eigenvalue weighted by molar-refractivity contribution is 5.96. The molecule has 0 fully saturated rings. The molecule has 1 amide bonds. The SMILES string of the molecule is CC(NC(=O)c1cccnc1OCC(F)(F)F)c1ccc(OCc2cccnc2)cc1. The molecule has 2 heterocycles. The zero-order chi connectivity index (χ0) is 22.3. The van der Waals surface area contributed by atoms with Gasteiger partial charge in [0.05, 0.1) is 6.04 Å². The number of carbonyl (C=O) groups excluding carboxylic acids is 1. The van der Waals surface area contributed by atoms with E-state index in [1.54, 1.807) is 43.6 Å². The summed E-state index contributed by atoms with van der Waals surface area (Å²) in [6.07, 6.45) is 0.136. The van der Waals surface area contributed by atoms with Gasteiger partial charge in [0.15, 0.2) is 6.61 Å². The monoisotopic (exact) mass is 431 g/mol. The summed E-state index contributed by atoms with van der Waals surface area (Å²) < 4.78 is 47.6. The van der Waals surface area contributed by atoms with Crippen molar-refractivity contribution in [2.45, 2.75) is 25.7 Å². The average Bonchev–Trinajstić information content (AvgIpc) is 2.77. The molecule has 1 unspecified atom stereocenters. The Labute approximate surface area is 177 Å². The van der Waals surface area contributed by atoms with Crippen molar-refractivity contribution in [2.24, 2.45) is 0 Å². The fourth-order valence-corrected chi connectivity index (χ4v) is 2.69. The number of pyridine rings is 2. The van der Waals surface area contributed by atoms with Gasteiger partial charge < -0.3 is 14.8 Å². The first kappa shape index (κ1) is 22.1. The Morgan fingerprint density at radius 2 is 1.81 bits per heavy atom. The van der Waals surface area contributed by atoms with Gasteiger partial charge in [-0.3, -0.25) is 9.78 Å². The Balaban J connectivity index is 1.60. The van der Waals surface area contributed by atoms with Crippen LogP contribution in [0.4, 0.5) is 13.2 Å². The number of halogens is 3. The Morgan fingerprint density at radius 3 is 2.48 bits per heavy atom. The van der Waals surface area contributed by atoms with Crippen LogP contribution in [-0.2, 0) is 6.61 Å². The summed E-state index contributed by atoms with van der Waals surface area (Å²) in [5, 5.41) is 2.74. The zero-order valence-electron chi connectivity index (χ0n) is 16.6. The van der Waals surface area contributed by atoms with E-state index in [-0.39, 0.29) is 11.4 Å². The molecule has 3 rings (SSSR count). The molecule has 0 radical (unpaired) electrons. The van der Waals surface area contributed by atoms with Gasteiger partial charge in [0, 0.05) is 24.2 Å². The maximum absolute atomic E-state index is 12.6. The largest absolute Gasteiger partial charge is 0.489 e. The molecule has 0 saturated carbocycles. The lowest BCUT2D eigenvalue weighted by molar-refractivity contribution is -0.154. The van der Waals surface area contributed by atoms with E-state index >= 15 is 0 Å². The zero-order valence-corrected chi connectivity index (χ0v) is 16.6. The van der Waals surface area contributed by atoms with E-state index in [0.717, 1.165) is 11.1 Å². The number of hydrogen-bond acceptors (Lipinski definition) is 5. The van der Waals surface area contributed by atoms with Gasteiger partial charge in [0.2, 0.25) is 5.88 Å². The molecular formula is C22H20F3N3O3. The number of nitrogens with one attached hydrogen (secondary N) is 1. The van der Waals surface area contributed by atoms with E-state index in [9.17, 15) is 18.0 Å². The van der Waals surface area contributed by atoms with Crippen molar-refractivity contribution in [2.75, 3.05) is 6.61 Å². The van der Waals surface area contributed by atoms with Gasteiger partial charge in [0.1, 0.15) is 17.9 Å². The highest BCUT2D eigenvalue weighted by atomic mass is 19.4. The van der Waals surface area contributed by atoms with Crippen LogP contribution in [0.25, 0.3) is 0 Å². The van der Waals surface area contributed by atoms with Gasteiger partial charge in [-0.15, -0.1) is 0 Å². The highest BCUT2D eigenvalue weighted by Gasteiger charge is 2.29. The van der Waals surface area contributed by atoms with E-state index < -0.39 is 24.7 Å². The van der Waals surface area contributed by atoms with Crippen molar-refractivity contribution >= 4 is 5.91 Å². The molecule has 0 bridgehead atoms. The van der Waals surface area contributed by atoms with E-state index in [1.165, 1.54) is 18.3 Å². The molecule has 0 aliphatic heterocycles. The number of benzene rings is 1. The van der Waals surface area contributed by atoms with Crippen molar-refractivity contribution < 1.29 is 27.4 Å². The van der Waals surface area contributed by atoms with Crippen molar-refractivity contribution in [3.05, 3.63) is 83.8 Å². The topological polar surface area (TPSA) is 73.3 Å². The summed E-state index contributed by atoms with van der Waals surface area (Å²) in [5.74, 6) is -0.306. The van der Waals surface area contributed by atoms with Gasteiger partial charge in [0.25, 0.3) is 5.91 Å². The molecule has 1 atom stereocenters. The Hall–Kier alpha value is -3.62. The number of nitrogens with zero attached hydrogens (tertiary/aromatic N) is 2. The number of amides is 1. The minimum atomic E-state index is -4.53. The lowest BCUT2D eigenvalue weighted by Gasteiger charge is -2.17. The van der Waals surface area contributed by atoms with Gasteiger partial charge in [-0.2, -0.15) is 13.2 Å². The number of rotatable bonds is 8. The number of carbonyl (C=O) groups is 1. The maximum atomic E-state index is 12.6. The minimum absolute atomic E-state index is 0.0741. The predicted octanol–water partition coefficient (Wildman–Crippen LogP) is 4.49. The lowest BCUT2D eigenvalue weighted by atomic mass is 10.1. The average molecular weight is 431 g/mol. The van der Waals surface area contributed by atoms with E-state index in [0.29, 0.717) is 12.4 Å². The number of alkyl halides is 3. The van der Waals surface area contributed by atoms with Crippen molar-refractivity contribution in [3.63, 3.8) is 0 Å². The van der Waals surface area contributed by atoms with Crippen molar-refractivity contribution in [1.82, 2.24) is 15.3 Å². The molecule has 3 aromatic rings. The van der Waals surface area contributed by atoms with Crippen molar-refractivity contribution in [3.8, 4) is 11.6 Å². The van der Waals surface area contributed by atoms with Crippen LogP contribution in [0.15, 0.2) is 67.1 Å². The summed E-state index contributed by atoms with van der Waals surface area (Å²) in [6.45, 7) is 0.609. The van der Waals surface area contributed by atoms with Crippen LogP contribution in [0.3, 0.4) is 0 Å². The van der Waals surface area contributed by atoms with Gasteiger partial charge in [-0.25, -0.2) is 4.98 Å². The first-order valence-corrected chi connectivity index (χ1v) is 9.39. The summed E-state index contributed by atoms with van der Waals surface area (Å²) in [5.41, 5.74) is 1.66. The highest BCUT2D eigenvalue weighted by Crippen LogP contribution is 2.22. The fraction of sp³-hybridized carbons (Fsp3) is 0.227. The molecule has 31 heavy (non-hydrogen) atoms. The van der Waals surface area contributed by atoms with Gasteiger partial charge >= 0.3 is 6.18 Å². The molecule has 0 saturated heterocycles. The molecule has 1 N–H and O–H groups in total. The first-order valence-electron chi connectivity index (χ1n) is 9.39. The normalized spacial score (nSPS) is 12.1. The van der Waals surface area contributed by atoms with Crippen LogP contribution >= 0.6 is 0 Å². The number of ether oxygens (including phenoxy) is 2. The third-order valence-corrected chi connectivity index (χ3v) is 4.24. The van der Waals surface area contributed by atoms with Crippen LogP contribution < -0.4 is 14.8 Å². The number of aromatic nitrogens is 2. The van der Waals surface area contributed by atoms with Crippen LogP contribution in [0.1, 0.15) is 34.5 Å². The maximum Gasteiger partial charge on any atom is 0.422 e. The summed E-state index contributed by atoms with van der Waals surface area (Å²) in [7, 11) is 0. The minimum Gasteiger partial charge on any atom is -0.489 e. The summed E-state index contributed by atoms with van der Waals surface area (Å²) >= 11 is 0. The first-order chi connectivity index (χ1) is 14.8. The standard InChI is InChI=1S/C22H20F3N3O3/c1-15(17-6-8-18(9-7-17)30-13-16-4-2-10-26-12-16)28-20(29)19-5-3-11-27-21(19)31-14-22(23,24)25/h2-12,15H,13-14H2,1H3,(H,28,29). The van der Waals surface area contributed by atoms with Crippen molar-refractivity contribution in [1.29, 1.82) is 0 Å². The second-order valence-corrected chi connectivity index (χ2v) is 6.67. The number of hydrogen-bond donors (Lipinski definition) is 1. The van der Waals surface area contributed by atoms with Crippen LogP contribution in [0.5, 0.6) is 11.6 Å². The molecule has 0 aliphatic carbocycles. The molecular weight excluding hydrogens is 411 g/mol. The van der Waals surface area contributed by atoms with E-state index in [2.05, 4.69) is 20.0 Å². The summed E-state index contributed by atoms with van der Waals surface area (Å²) in [6, 6.07) is 13.3. The van der Waals surface area contributed by atoms with Gasteiger partial charge in [-0.1, -0.05) is 18.2 Å². The second-order valence-electron chi connectivity index (χ2n) is 6.67. The Morgan fingerprint density at radius 1 is 1.06 bits per heavy atom. The van der Waals surface area contributed by atoms with Crippen LogP contribution in [0.2, 0.25) is 0 Å². The fourth-order valence-electron chi connectivity index (χ4n) is 2.69. The quantitative estimate of drug-likeness (QED) is 0.569. The molecule has 1 aromatic carbocycles. The third-order valence-electron chi connectivity index (χ3n) is 4.24. The summed E-state index contributed by atoms with van der Waals surface area (Å²) in [4.78, 5) is 20.3.